The van der Waals surface area contributed by atoms with Crippen LogP contribution in [0.3, 0.4) is 0 Å². The molecule has 0 aliphatic rings. The quantitative estimate of drug-likeness (QED) is 0.793. The molecule has 0 spiro atoms. The number of sulfonamides is 1. The lowest BCUT2D eigenvalue weighted by Crippen LogP contribution is -2.36. The molecule has 0 fully saturated rings. The van der Waals surface area contributed by atoms with Gasteiger partial charge in [-0.25, -0.2) is 13.1 Å². The summed E-state index contributed by atoms with van der Waals surface area (Å²) in [4.78, 5) is -0.0351. The summed E-state index contributed by atoms with van der Waals surface area (Å²) in [6.45, 7) is 1.64. The van der Waals surface area contributed by atoms with Gasteiger partial charge in [0, 0.05) is 34.5 Å². The van der Waals surface area contributed by atoms with E-state index in [1.165, 1.54) is 24.5 Å². The van der Waals surface area contributed by atoms with Gasteiger partial charge in [0.2, 0.25) is 10.0 Å². The minimum absolute atomic E-state index is 0.0351. The first-order valence-electron chi connectivity index (χ1n) is 5.10. The highest BCUT2D eigenvalue weighted by Gasteiger charge is 2.20. The van der Waals surface area contributed by atoms with Gasteiger partial charge in [0.1, 0.15) is 4.90 Å². The maximum Gasteiger partial charge on any atom is 0.242 e. The average Bonchev–Trinajstić information content (AvgIpc) is 2.13. The standard InChI is InChI=1S/C10H15ClN2O3S2/c1-7(6-17(2)14)13-18(15,16)10-4-3-8(12)5-9(10)11/h3-5,7,13H,6,12H2,1-2H3. The molecule has 1 aromatic rings. The fourth-order valence-electron chi connectivity index (χ4n) is 1.45. The second-order valence-electron chi connectivity index (χ2n) is 3.95. The fourth-order valence-corrected chi connectivity index (χ4v) is 4.14. The second-order valence-corrected chi connectivity index (χ2v) is 7.52. The Morgan fingerprint density at radius 3 is 2.61 bits per heavy atom. The molecule has 8 heteroatoms. The first kappa shape index (κ1) is 15.4. The summed E-state index contributed by atoms with van der Waals surface area (Å²) in [5.41, 5.74) is 5.89. The molecular formula is C10H15ClN2O3S2. The molecule has 5 nitrogen and oxygen atoms in total. The SMILES string of the molecule is CC(CS(C)=O)NS(=O)(=O)c1ccc(N)cc1Cl. The number of nitrogen functional groups attached to an aromatic ring is 1. The molecule has 0 amide bonds. The van der Waals surface area contributed by atoms with E-state index in [9.17, 15) is 12.6 Å². The number of anilines is 1. The number of hydrogen-bond acceptors (Lipinski definition) is 4. The number of rotatable bonds is 5. The smallest absolute Gasteiger partial charge is 0.242 e. The van der Waals surface area contributed by atoms with Crippen LogP contribution in [0.25, 0.3) is 0 Å². The maximum atomic E-state index is 12.0. The Hall–Kier alpha value is -0.630. The zero-order chi connectivity index (χ0) is 13.9. The molecule has 3 N–H and O–H groups in total. The zero-order valence-corrected chi connectivity index (χ0v) is 12.4. The molecule has 18 heavy (non-hydrogen) atoms. The number of benzene rings is 1. The van der Waals surface area contributed by atoms with E-state index in [-0.39, 0.29) is 15.7 Å². The average molecular weight is 311 g/mol. The fraction of sp³-hybridized carbons (Fsp3) is 0.400. The third-order valence-electron chi connectivity index (χ3n) is 2.09. The summed E-state index contributed by atoms with van der Waals surface area (Å²) in [6, 6.07) is 3.74. The maximum absolute atomic E-state index is 12.0. The van der Waals surface area contributed by atoms with Gasteiger partial charge in [-0.15, -0.1) is 0 Å². The van der Waals surface area contributed by atoms with E-state index >= 15 is 0 Å². The first-order chi connectivity index (χ1) is 8.22. The molecular weight excluding hydrogens is 296 g/mol. The summed E-state index contributed by atoms with van der Waals surface area (Å²) < 4.78 is 37.5. The number of nitrogens with one attached hydrogen (secondary N) is 1. The minimum Gasteiger partial charge on any atom is -0.399 e. The number of nitrogens with two attached hydrogens (primary N) is 1. The van der Waals surface area contributed by atoms with E-state index in [1.54, 1.807) is 6.92 Å². The van der Waals surface area contributed by atoms with Gasteiger partial charge in [-0.1, -0.05) is 11.6 Å². The summed E-state index contributed by atoms with van der Waals surface area (Å²) >= 11 is 5.84. The lowest BCUT2D eigenvalue weighted by molar-refractivity contribution is 0.570. The molecule has 1 aromatic carbocycles. The Balaban J connectivity index is 2.96. The van der Waals surface area contributed by atoms with E-state index in [0.717, 1.165) is 0 Å². The zero-order valence-electron chi connectivity index (χ0n) is 10.0. The van der Waals surface area contributed by atoms with Crippen LogP contribution < -0.4 is 10.5 Å². The van der Waals surface area contributed by atoms with Crippen LogP contribution in [0.4, 0.5) is 5.69 Å². The molecule has 2 unspecified atom stereocenters. The minimum atomic E-state index is -3.72. The highest BCUT2D eigenvalue weighted by molar-refractivity contribution is 7.89. The van der Waals surface area contributed by atoms with Crippen molar-refractivity contribution in [2.45, 2.75) is 17.9 Å². The van der Waals surface area contributed by atoms with Crippen LogP contribution in [0.2, 0.25) is 5.02 Å². The van der Waals surface area contributed by atoms with Gasteiger partial charge in [-0.2, -0.15) is 0 Å². The highest BCUT2D eigenvalue weighted by Crippen LogP contribution is 2.23. The molecule has 0 aliphatic heterocycles. The predicted molar refractivity (Wildman–Crippen MR) is 74.6 cm³/mol. The van der Waals surface area contributed by atoms with Crippen LogP contribution >= 0.6 is 11.6 Å². The van der Waals surface area contributed by atoms with Crippen molar-refractivity contribution in [1.29, 1.82) is 0 Å². The Kier molecular flexibility index (Phi) is 5.15. The van der Waals surface area contributed by atoms with Gasteiger partial charge < -0.3 is 5.73 Å². The van der Waals surface area contributed by atoms with Crippen molar-refractivity contribution in [3.63, 3.8) is 0 Å². The van der Waals surface area contributed by atoms with E-state index in [0.29, 0.717) is 5.69 Å². The van der Waals surface area contributed by atoms with Crippen LogP contribution in [-0.2, 0) is 20.8 Å². The van der Waals surface area contributed by atoms with Crippen molar-refractivity contribution in [2.24, 2.45) is 0 Å². The molecule has 0 saturated carbocycles. The van der Waals surface area contributed by atoms with Crippen LogP contribution in [0.1, 0.15) is 6.92 Å². The van der Waals surface area contributed by atoms with E-state index in [2.05, 4.69) is 4.72 Å². The van der Waals surface area contributed by atoms with Crippen molar-refractivity contribution in [2.75, 3.05) is 17.7 Å². The van der Waals surface area contributed by atoms with Gasteiger partial charge in [-0.3, -0.25) is 4.21 Å². The summed E-state index contributed by atoms with van der Waals surface area (Å²) in [7, 11) is -4.80. The van der Waals surface area contributed by atoms with E-state index in [1.807, 2.05) is 0 Å². The number of halogens is 1. The molecule has 0 saturated heterocycles. The van der Waals surface area contributed by atoms with Crippen LogP contribution in [-0.4, -0.2) is 30.7 Å². The molecule has 0 bridgehead atoms. The van der Waals surface area contributed by atoms with Gasteiger partial charge in [0.15, 0.2) is 0 Å². The van der Waals surface area contributed by atoms with Gasteiger partial charge in [-0.05, 0) is 25.1 Å². The van der Waals surface area contributed by atoms with Crippen molar-refractivity contribution in [1.82, 2.24) is 4.72 Å². The third kappa shape index (κ3) is 4.24. The van der Waals surface area contributed by atoms with Gasteiger partial charge >= 0.3 is 0 Å². The molecule has 0 radical (unpaired) electrons. The van der Waals surface area contributed by atoms with Gasteiger partial charge in [0.05, 0.1) is 5.02 Å². The number of hydrogen-bond donors (Lipinski definition) is 2. The predicted octanol–water partition coefficient (Wildman–Crippen LogP) is 0.968. The lowest BCUT2D eigenvalue weighted by atomic mass is 10.3. The summed E-state index contributed by atoms with van der Waals surface area (Å²) in [6.07, 6.45) is 1.51. The second kappa shape index (κ2) is 6.01. The van der Waals surface area contributed by atoms with Crippen LogP contribution in [0, 0.1) is 0 Å². The van der Waals surface area contributed by atoms with Crippen molar-refractivity contribution < 1.29 is 12.6 Å². The van der Waals surface area contributed by atoms with Crippen molar-refractivity contribution in [3.8, 4) is 0 Å². The molecule has 102 valence electrons. The van der Waals surface area contributed by atoms with E-state index in [4.69, 9.17) is 17.3 Å². The first-order valence-corrected chi connectivity index (χ1v) is 8.68. The molecule has 0 aromatic heterocycles. The molecule has 1 rings (SSSR count). The normalized spacial score (nSPS) is 15.3. The summed E-state index contributed by atoms with van der Waals surface area (Å²) in [5, 5.41) is 0.0623. The highest BCUT2D eigenvalue weighted by atomic mass is 35.5. The van der Waals surface area contributed by atoms with Crippen molar-refractivity contribution in [3.05, 3.63) is 23.2 Å². The van der Waals surface area contributed by atoms with Crippen LogP contribution in [0.15, 0.2) is 23.1 Å². The van der Waals surface area contributed by atoms with E-state index < -0.39 is 26.9 Å². The monoisotopic (exact) mass is 310 g/mol. The third-order valence-corrected chi connectivity index (χ3v) is 5.13. The lowest BCUT2D eigenvalue weighted by Gasteiger charge is -2.14. The Labute approximate surface area is 114 Å². The molecule has 0 heterocycles. The Bertz CT molecular complexity index is 560. The summed E-state index contributed by atoms with van der Waals surface area (Å²) in [5.74, 6) is 0.242. The molecule has 0 aliphatic carbocycles. The Morgan fingerprint density at radius 2 is 2.11 bits per heavy atom. The van der Waals surface area contributed by atoms with Crippen LogP contribution in [0.5, 0.6) is 0 Å². The van der Waals surface area contributed by atoms with Gasteiger partial charge in [0.25, 0.3) is 0 Å². The molecule has 2 atom stereocenters. The Morgan fingerprint density at radius 1 is 1.50 bits per heavy atom. The van der Waals surface area contributed by atoms with Crippen molar-refractivity contribution >= 4 is 38.1 Å². The topological polar surface area (TPSA) is 89.3 Å². The largest absolute Gasteiger partial charge is 0.399 e.